The second-order valence-corrected chi connectivity index (χ2v) is 7.43. The molecule has 0 aromatic heterocycles. The summed E-state index contributed by atoms with van der Waals surface area (Å²) in [6.45, 7) is 3.54. The van der Waals surface area contributed by atoms with Gasteiger partial charge in [0.15, 0.2) is 0 Å². The summed E-state index contributed by atoms with van der Waals surface area (Å²) >= 11 is 0. The quantitative estimate of drug-likeness (QED) is 0.549. The number of rotatable bonds is 7. The van der Waals surface area contributed by atoms with Crippen LogP contribution in [-0.4, -0.2) is 45.9 Å². The molecule has 0 aromatic rings. The van der Waals surface area contributed by atoms with Crippen LogP contribution in [0.5, 0.6) is 0 Å². The van der Waals surface area contributed by atoms with Gasteiger partial charge < -0.3 is 5.32 Å². The van der Waals surface area contributed by atoms with Gasteiger partial charge in [-0.25, -0.2) is 0 Å². The maximum atomic E-state index is 12.2. The fourth-order valence-corrected chi connectivity index (χ4v) is 3.83. The highest BCUT2D eigenvalue weighted by molar-refractivity contribution is 7.87. The van der Waals surface area contributed by atoms with Crippen molar-refractivity contribution in [2.45, 2.75) is 51.5 Å². The maximum Gasteiger partial charge on any atom is 0.279 e. The van der Waals surface area contributed by atoms with Gasteiger partial charge in [0.2, 0.25) is 0 Å². The van der Waals surface area contributed by atoms with Crippen molar-refractivity contribution < 1.29 is 8.42 Å². The summed E-state index contributed by atoms with van der Waals surface area (Å²) in [7, 11) is 0.193. The number of nitrogens with zero attached hydrogens (tertiary/aromatic N) is 1. The Morgan fingerprint density at radius 3 is 2.58 bits per heavy atom. The van der Waals surface area contributed by atoms with E-state index in [1.165, 1.54) is 17.1 Å². The van der Waals surface area contributed by atoms with Crippen molar-refractivity contribution in [1.29, 1.82) is 0 Å². The van der Waals surface area contributed by atoms with E-state index in [1.807, 2.05) is 7.05 Å². The number of hydrogen-bond acceptors (Lipinski definition) is 3. The van der Waals surface area contributed by atoms with Gasteiger partial charge in [-0.05, 0) is 38.8 Å². The van der Waals surface area contributed by atoms with Crippen molar-refractivity contribution in [3.05, 3.63) is 0 Å². The third-order valence-electron chi connectivity index (χ3n) is 3.97. The van der Waals surface area contributed by atoms with E-state index in [0.717, 1.165) is 32.2 Å². The summed E-state index contributed by atoms with van der Waals surface area (Å²) in [5.74, 6) is 0.433. The van der Waals surface area contributed by atoms with E-state index in [0.29, 0.717) is 12.5 Å². The SMILES string of the molecule is CNCCCN(C)S(=O)(=O)NC1CCCCCC1C. The molecule has 2 unspecified atom stereocenters. The van der Waals surface area contributed by atoms with Crippen molar-refractivity contribution in [3.63, 3.8) is 0 Å². The predicted molar refractivity (Wildman–Crippen MR) is 79.3 cm³/mol. The van der Waals surface area contributed by atoms with E-state index < -0.39 is 10.2 Å². The Kier molecular flexibility index (Phi) is 7.28. The summed E-state index contributed by atoms with van der Waals surface area (Å²) < 4.78 is 28.8. The standard InChI is InChI=1S/C13H29N3O2S/c1-12-8-5-4-6-9-13(12)15-19(17,18)16(3)11-7-10-14-2/h12-15H,4-11H2,1-3H3. The molecule has 1 aliphatic carbocycles. The first kappa shape index (κ1) is 16.9. The summed E-state index contributed by atoms with van der Waals surface area (Å²) in [6, 6.07) is 0.0965. The summed E-state index contributed by atoms with van der Waals surface area (Å²) in [4.78, 5) is 0. The minimum absolute atomic E-state index is 0.0965. The van der Waals surface area contributed by atoms with Gasteiger partial charge in [0.05, 0.1) is 0 Å². The van der Waals surface area contributed by atoms with Crippen LogP contribution in [0, 0.1) is 5.92 Å². The highest BCUT2D eigenvalue weighted by Gasteiger charge is 2.26. The highest BCUT2D eigenvalue weighted by Crippen LogP contribution is 2.23. The Morgan fingerprint density at radius 2 is 1.89 bits per heavy atom. The molecule has 2 atom stereocenters. The van der Waals surface area contributed by atoms with Gasteiger partial charge in [0.25, 0.3) is 10.2 Å². The zero-order valence-electron chi connectivity index (χ0n) is 12.5. The molecule has 0 amide bonds. The molecule has 0 aromatic carbocycles. The fraction of sp³-hybridized carbons (Fsp3) is 1.00. The van der Waals surface area contributed by atoms with E-state index in [-0.39, 0.29) is 6.04 Å². The molecule has 0 aliphatic heterocycles. The fourth-order valence-electron chi connectivity index (χ4n) is 2.55. The van der Waals surface area contributed by atoms with Crippen LogP contribution >= 0.6 is 0 Å². The summed E-state index contributed by atoms with van der Waals surface area (Å²) in [5.41, 5.74) is 0. The molecule has 114 valence electrons. The van der Waals surface area contributed by atoms with Crippen LogP contribution in [0.3, 0.4) is 0 Å². The van der Waals surface area contributed by atoms with Gasteiger partial charge in [-0.15, -0.1) is 0 Å². The maximum absolute atomic E-state index is 12.2. The topological polar surface area (TPSA) is 61.4 Å². The minimum Gasteiger partial charge on any atom is -0.320 e. The molecular formula is C13H29N3O2S. The molecule has 0 heterocycles. The van der Waals surface area contributed by atoms with Gasteiger partial charge in [0, 0.05) is 19.6 Å². The Bertz CT molecular complexity index is 346. The van der Waals surface area contributed by atoms with Gasteiger partial charge >= 0.3 is 0 Å². The van der Waals surface area contributed by atoms with Gasteiger partial charge in [-0.1, -0.05) is 26.2 Å². The van der Waals surface area contributed by atoms with Crippen molar-refractivity contribution in [2.75, 3.05) is 27.2 Å². The molecule has 2 N–H and O–H groups in total. The zero-order chi connectivity index (χ0) is 14.3. The number of nitrogens with one attached hydrogen (secondary N) is 2. The normalized spacial score (nSPS) is 25.5. The first-order chi connectivity index (χ1) is 8.97. The second-order valence-electron chi connectivity index (χ2n) is 5.62. The third kappa shape index (κ3) is 5.77. The Morgan fingerprint density at radius 1 is 1.21 bits per heavy atom. The number of hydrogen-bond donors (Lipinski definition) is 2. The molecule has 0 saturated heterocycles. The molecule has 0 spiro atoms. The minimum atomic E-state index is -3.33. The predicted octanol–water partition coefficient (Wildman–Crippen LogP) is 1.33. The Hall–Kier alpha value is -0.170. The van der Waals surface area contributed by atoms with Crippen molar-refractivity contribution in [1.82, 2.24) is 14.3 Å². The van der Waals surface area contributed by atoms with Crippen molar-refractivity contribution >= 4 is 10.2 Å². The zero-order valence-corrected chi connectivity index (χ0v) is 13.3. The van der Waals surface area contributed by atoms with E-state index >= 15 is 0 Å². The van der Waals surface area contributed by atoms with Gasteiger partial charge in [-0.3, -0.25) is 0 Å². The average Bonchev–Trinajstić information content (AvgIpc) is 2.55. The molecule has 0 radical (unpaired) electrons. The van der Waals surface area contributed by atoms with E-state index in [4.69, 9.17) is 0 Å². The van der Waals surface area contributed by atoms with Crippen LogP contribution < -0.4 is 10.0 Å². The molecule has 1 aliphatic rings. The lowest BCUT2D eigenvalue weighted by atomic mass is 9.98. The average molecular weight is 291 g/mol. The van der Waals surface area contributed by atoms with Crippen LogP contribution in [-0.2, 0) is 10.2 Å². The molecule has 0 bridgehead atoms. The summed E-state index contributed by atoms with van der Waals surface area (Å²) in [5, 5.41) is 3.03. The van der Waals surface area contributed by atoms with E-state index in [9.17, 15) is 8.42 Å². The molecule has 1 saturated carbocycles. The first-order valence-electron chi connectivity index (χ1n) is 7.35. The lowest BCUT2D eigenvalue weighted by Gasteiger charge is -2.26. The van der Waals surface area contributed by atoms with E-state index in [1.54, 1.807) is 7.05 Å². The summed E-state index contributed by atoms with van der Waals surface area (Å²) in [6.07, 6.45) is 6.48. The molecule has 19 heavy (non-hydrogen) atoms. The van der Waals surface area contributed by atoms with Crippen LogP contribution in [0.1, 0.15) is 45.4 Å². The van der Waals surface area contributed by atoms with Crippen LogP contribution in [0.25, 0.3) is 0 Å². The molecule has 5 nitrogen and oxygen atoms in total. The van der Waals surface area contributed by atoms with Crippen LogP contribution in [0.15, 0.2) is 0 Å². The van der Waals surface area contributed by atoms with Crippen molar-refractivity contribution in [3.8, 4) is 0 Å². The van der Waals surface area contributed by atoms with Crippen molar-refractivity contribution in [2.24, 2.45) is 5.92 Å². The molecule has 6 heteroatoms. The third-order valence-corrected chi connectivity index (χ3v) is 5.58. The molecular weight excluding hydrogens is 262 g/mol. The smallest absolute Gasteiger partial charge is 0.279 e. The van der Waals surface area contributed by atoms with Gasteiger partial charge in [0.1, 0.15) is 0 Å². The molecule has 1 fully saturated rings. The van der Waals surface area contributed by atoms with Crippen LogP contribution in [0.4, 0.5) is 0 Å². The second kappa shape index (κ2) is 8.19. The Balaban J connectivity index is 2.51. The van der Waals surface area contributed by atoms with Gasteiger partial charge in [-0.2, -0.15) is 17.4 Å². The largest absolute Gasteiger partial charge is 0.320 e. The first-order valence-corrected chi connectivity index (χ1v) is 8.79. The highest BCUT2D eigenvalue weighted by atomic mass is 32.2. The van der Waals surface area contributed by atoms with Crippen LogP contribution in [0.2, 0.25) is 0 Å². The monoisotopic (exact) mass is 291 g/mol. The molecule has 1 rings (SSSR count). The lowest BCUT2D eigenvalue weighted by molar-refractivity contribution is 0.378. The lowest BCUT2D eigenvalue weighted by Crippen LogP contribution is -2.46. The Labute approximate surface area is 118 Å². The van der Waals surface area contributed by atoms with E-state index in [2.05, 4.69) is 17.0 Å².